The summed E-state index contributed by atoms with van der Waals surface area (Å²) in [5, 5.41) is 2.28. The Hall–Kier alpha value is -5.41. The van der Waals surface area contributed by atoms with Crippen LogP contribution in [0.4, 0.5) is 0 Å². The molecule has 0 saturated carbocycles. The Morgan fingerprint density at radius 3 is 1.60 bits per heavy atom. The molecule has 0 radical (unpaired) electrons. The smallest absolute Gasteiger partial charge is 0.164 e. The molecule has 8 rings (SSSR count). The van der Waals surface area contributed by atoms with E-state index in [-0.39, 0.29) is 10.8 Å². The molecule has 48 heavy (non-hydrogen) atoms. The Morgan fingerprint density at radius 1 is 0.417 bits per heavy atom. The second kappa shape index (κ2) is 11.4. The second-order valence-electron chi connectivity index (χ2n) is 14.5. The number of fused-ring (bicyclic) bond motifs is 2. The fourth-order valence-corrected chi connectivity index (χ4v) is 7.80. The fourth-order valence-electron chi connectivity index (χ4n) is 7.80. The molecule has 234 valence electrons. The molecule has 6 aromatic carbocycles. The van der Waals surface area contributed by atoms with Gasteiger partial charge in [0, 0.05) is 16.7 Å². The maximum atomic E-state index is 5.05. The van der Waals surface area contributed by atoms with E-state index in [9.17, 15) is 0 Å². The van der Waals surface area contributed by atoms with Crippen LogP contribution >= 0.6 is 0 Å². The minimum Gasteiger partial charge on any atom is -0.208 e. The Balaban J connectivity index is 1.20. The maximum Gasteiger partial charge on any atom is 0.164 e. The zero-order chi connectivity index (χ0) is 33.0. The van der Waals surface area contributed by atoms with Gasteiger partial charge in [0.05, 0.1) is 0 Å². The van der Waals surface area contributed by atoms with Gasteiger partial charge in [0.15, 0.2) is 17.5 Å². The molecule has 0 N–H and O–H groups in total. The fraction of sp³-hybridized carbons (Fsp3) is 0.178. The molecular formula is C45H39N3. The Labute approximate surface area is 283 Å². The Kier molecular flexibility index (Phi) is 7.10. The summed E-state index contributed by atoms with van der Waals surface area (Å²) in [4.78, 5) is 15.0. The highest BCUT2D eigenvalue weighted by atomic mass is 15.0. The van der Waals surface area contributed by atoms with Crippen LogP contribution < -0.4 is 0 Å². The van der Waals surface area contributed by atoms with Gasteiger partial charge in [-0.2, -0.15) is 0 Å². The van der Waals surface area contributed by atoms with Crippen molar-refractivity contribution in [2.75, 3.05) is 0 Å². The SMILES string of the molecule is Cc1ccc(-c2nc(-c3ccccc3)nc(-c3ccc(-c4ccc(-c5ccc6c(c5)C(C)(C)CC6(C)C)cc4)c4ccccc34)n2)cc1. The van der Waals surface area contributed by atoms with Crippen molar-refractivity contribution in [3.05, 3.63) is 150 Å². The first-order chi connectivity index (χ1) is 23.2. The van der Waals surface area contributed by atoms with Gasteiger partial charge in [-0.3, -0.25) is 0 Å². The molecule has 0 spiro atoms. The molecular weight excluding hydrogens is 583 g/mol. The zero-order valence-electron chi connectivity index (χ0n) is 28.3. The topological polar surface area (TPSA) is 38.7 Å². The van der Waals surface area contributed by atoms with Crippen LogP contribution in [0, 0.1) is 6.92 Å². The number of benzene rings is 6. The van der Waals surface area contributed by atoms with Crippen LogP contribution in [-0.4, -0.2) is 15.0 Å². The number of hydrogen-bond donors (Lipinski definition) is 0. The lowest BCUT2D eigenvalue weighted by molar-refractivity contribution is 0.403. The highest BCUT2D eigenvalue weighted by Crippen LogP contribution is 2.50. The highest BCUT2D eigenvalue weighted by Gasteiger charge is 2.41. The maximum absolute atomic E-state index is 5.05. The molecule has 3 heteroatoms. The van der Waals surface area contributed by atoms with E-state index in [0.29, 0.717) is 17.5 Å². The van der Waals surface area contributed by atoms with Crippen molar-refractivity contribution in [2.45, 2.75) is 51.9 Å². The third-order valence-electron chi connectivity index (χ3n) is 10.0. The van der Waals surface area contributed by atoms with E-state index in [1.165, 1.54) is 50.8 Å². The van der Waals surface area contributed by atoms with Crippen LogP contribution in [0.1, 0.15) is 50.8 Å². The molecule has 0 saturated heterocycles. The molecule has 1 aliphatic rings. The molecule has 3 nitrogen and oxygen atoms in total. The van der Waals surface area contributed by atoms with E-state index in [2.05, 4.69) is 138 Å². The monoisotopic (exact) mass is 621 g/mol. The van der Waals surface area contributed by atoms with Crippen LogP contribution in [-0.2, 0) is 10.8 Å². The van der Waals surface area contributed by atoms with Gasteiger partial charge in [0.1, 0.15) is 0 Å². The van der Waals surface area contributed by atoms with E-state index < -0.39 is 0 Å². The summed E-state index contributed by atoms with van der Waals surface area (Å²) in [5.74, 6) is 2.00. The van der Waals surface area contributed by atoms with E-state index in [1.807, 2.05) is 30.3 Å². The summed E-state index contributed by atoms with van der Waals surface area (Å²) >= 11 is 0. The first-order valence-electron chi connectivity index (χ1n) is 16.8. The van der Waals surface area contributed by atoms with E-state index >= 15 is 0 Å². The average molecular weight is 622 g/mol. The largest absolute Gasteiger partial charge is 0.208 e. The van der Waals surface area contributed by atoms with Crippen molar-refractivity contribution < 1.29 is 0 Å². The summed E-state index contributed by atoms with van der Waals surface area (Å²) in [6.45, 7) is 11.6. The van der Waals surface area contributed by atoms with Gasteiger partial charge in [-0.1, -0.05) is 161 Å². The summed E-state index contributed by atoms with van der Waals surface area (Å²) in [5.41, 5.74) is 12.4. The standard InChI is InChI=1S/C45H39N3/c1-29-15-17-33(18-16-29)42-46-41(32-11-7-6-8-12-32)47-43(48-42)38-25-24-35(36-13-9-10-14-37(36)38)31-21-19-30(20-22-31)34-23-26-39-40(27-34)45(4,5)28-44(39,2)3/h6-27H,28H2,1-5H3. The van der Waals surface area contributed by atoms with Gasteiger partial charge in [-0.15, -0.1) is 0 Å². The third kappa shape index (κ3) is 5.30. The average Bonchev–Trinajstić information content (AvgIpc) is 3.30. The van der Waals surface area contributed by atoms with Gasteiger partial charge >= 0.3 is 0 Å². The molecule has 0 atom stereocenters. The number of aromatic nitrogens is 3. The molecule has 0 fully saturated rings. The molecule has 0 bridgehead atoms. The first kappa shape index (κ1) is 30.0. The first-order valence-corrected chi connectivity index (χ1v) is 16.8. The molecule has 0 aliphatic heterocycles. The van der Waals surface area contributed by atoms with E-state index in [4.69, 9.17) is 15.0 Å². The number of hydrogen-bond acceptors (Lipinski definition) is 3. The summed E-state index contributed by atoms with van der Waals surface area (Å²) in [6, 6.07) is 47.6. The van der Waals surface area contributed by atoms with Crippen LogP contribution in [0.15, 0.2) is 133 Å². The quantitative estimate of drug-likeness (QED) is 0.192. The predicted molar refractivity (Wildman–Crippen MR) is 200 cm³/mol. The minimum atomic E-state index is 0.177. The van der Waals surface area contributed by atoms with Crippen molar-refractivity contribution >= 4 is 10.8 Å². The zero-order valence-corrected chi connectivity index (χ0v) is 28.3. The molecule has 1 aliphatic carbocycles. The van der Waals surface area contributed by atoms with Crippen molar-refractivity contribution in [2.24, 2.45) is 0 Å². The molecule has 0 amide bonds. The van der Waals surface area contributed by atoms with Gasteiger partial charge in [-0.05, 0) is 74.4 Å². The van der Waals surface area contributed by atoms with E-state index in [1.54, 1.807) is 0 Å². The van der Waals surface area contributed by atoms with Crippen molar-refractivity contribution in [3.63, 3.8) is 0 Å². The highest BCUT2D eigenvalue weighted by molar-refractivity contribution is 6.04. The van der Waals surface area contributed by atoms with Gasteiger partial charge in [-0.25, -0.2) is 15.0 Å². The molecule has 1 heterocycles. The number of rotatable bonds is 5. The predicted octanol–water partition coefficient (Wildman–Crippen LogP) is 11.6. The normalized spacial score (nSPS) is 14.6. The van der Waals surface area contributed by atoms with Crippen LogP contribution in [0.5, 0.6) is 0 Å². The molecule has 7 aromatic rings. The Morgan fingerprint density at radius 2 is 0.917 bits per heavy atom. The van der Waals surface area contributed by atoms with Gasteiger partial charge in [0.2, 0.25) is 0 Å². The lowest BCUT2D eigenvalue weighted by atomic mass is 9.82. The van der Waals surface area contributed by atoms with Crippen LogP contribution in [0.25, 0.3) is 67.2 Å². The second-order valence-corrected chi connectivity index (χ2v) is 14.5. The Bertz CT molecular complexity index is 2300. The summed E-state index contributed by atoms with van der Waals surface area (Å²) in [7, 11) is 0. The lowest BCUT2D eigenvalue weighted by Crippen LogP contribution is -2.17. The summed E-state index contributed by atoms with van der Waals surface area (Å²) < 4.78 is 0. The summed E-state index contributed by atoms with van der Waals surface area (Å²) in [6.07, 6.45) is 1.17. The third-order valence-corrected chi connectivity index (χ3v) is 10.0. The van der Waals surface area contributed by atoms with Crippen molar-refractivity contribution in [3.8, 4) is 56.4 Å². The number of aryl methyl sites for hydroxylation is 1. The molecule has 1 aromatic heterocycles. The van der Waals surface area contributed by atoms with Gasteiger partial charge in [0.25, 0.3) is 0 Å². The van der Waals surface area contributed by atoms with Crippen LogP contribution in [0.2, 0.25) is 0 Å². The van der Waals surface area contributed by atoms with Crippen LogP contribution in [0.3, 0.4) is 0 Å². The lowest BCUT2D eigenvalue weighted by Gasteiger charge is -2.22. The van der Waals surface area contributed by atoms with E-state index in [0.717, 1.165) is 22.1 Å². The van der Waals surface area contributed by atoms with Crippen molar-refractivity contribution in [1.82, 2.24) is 15.0 Å². The van der Waals surface area contributed by atoms with Gasteiger partial charge < -0.3 is 0 Å². The van der Waals surface area contributed by atoms with Crippen molar-refractivity contribution in [1.29, 1.82) is 0 Å². The number of nitrogens with zero attached hydrogens (tertiary/aromatic N) is 3. The molecule has 0 unspecified atom stereocenters. The minimum absolute atomic E-state index is 0.177.